The lowest BCUT2D eigenvalue weighted by atomic mass is 9.84. The van der Waals surface area contributed by atoms with Gasteiger partial charge in [0.1, 0.15) is 18.0 Å². The summed E-state index contributed by atoms with van der Waals surface area (Å²) in [6.07, 6.45) is 9.13. The molecule has 0 spiro atoms. The van der Waals surface area contributed by atoms with Crippen molar-refractivity contribution in [3.8, 4) is 16.9 Å². The smallest absolute Gasteiger partial charge is 0.237 e. The number of hydrogen-bond acceptors (Lipinski definition) is 5. The molecule has 0 amide bonds. The van der Waals surface area contributed by atoms with Crippen molar-refractivity contribution in [3.63, 3.8) is 0 Å². The van der Waals surface area contributed by atoms with Gasteiger partial charge >= 0.3 is 0 Å². The maximum Gasteiger partial charge on any atom is 0.237 e. The minimum Gasteiger partial charge on any atom is -0.489 e. The number of nitrogens with zero attached hydrogens (tertiary/aromatic N) is 3. The van der Waals surface area contributed by atoms with Crippen LogP contribution in [0.2, 0.25) is 0 Å². The zero-order chi connectivity index (χ0) is 27.4. The predicted octanol–water partition coefficient (Wildman–Crippen LogP) is 6.96. The third kappa shape index (κ3) is 5.87. The summed E-state index contributed by atoms with van der Waals surface area (Å²) in [6, 6.07) is 27.3. The zero-order valence-electron chi connectivity index (χ0n) is 22.2. The lowest BCUT2D eigenvalue weighted by molar-refractivity contribution is 0.306. The van der Waals surface area contributed by atoms with E-state index < -0.39 is 10.0 Å². The summed E-state index contributed by atoms with van der Waals surface area (Å²) in [7, 11) is -3.64. The topological polar surface area (TPSA) is 85.6 Å². The molecule has 3 aromatic carbocycles. The molecular weight excluding hydrogens is 520 g/mol. The number of sulfonamides is 1. The van der Waals surface area contributed by atoms with Crippen molar-refractivity contribution in [2.45, 2.75) is 50.4 Å². The molecule has 0 unspecified atom stereocenters. The van der Waals surface area contributed by atoms with E-state index in [-0.39, 0.29) is 5.75 Å². The van der Waals surface area contributed by atoms with Gasteiger partial charge in [0.25, 0.3) is 0 Å². The van der Waals surface area contributed by atoms with Crippen LogP contribution >= 0.6 is 0 Å². The van der Waals surface area contributed by atoms with Gasteiger partial charge in [-0.3, -0.25) is 4.72 Å². The number of ether oxygens (including phenoxy) is 1. The molecule has 1 N–H and O–H groups in total. The van der Waals surface area contributed by atoms with Gasteiger partial charge in [-0.2, -0.15) is 5.10 Å². The summed E-state index contributed by atoms with van der Waals surface area (Å²) in [5.74, 6) is 1.00. The third-order valence-corrected chi connectivity index (χ3v) is 8.68. The van der Waals surface area contributed by atoms with Crippen LogP contribution in [0.4, 0.5) is 5.69 Å². The van der Waals surface area contributed by atoms with E-state index in [4.69, 9.17) is 9.72 Å². The summed E-state index contributed by atoms with van der Waals surface area (Å²) in [5.41, 5.74) is 5.87. The van der Waals surface area contributed by atoms with E-state index in [1.165, 1.54) is 6.42 Å². The Kier molecular flexibility index (Phi) is 7.51. The summed E-state index contributed by atoms with van der Waals surface area (Å²) < 4.78 is 36.5. The Hall–Kier alpha value is -4.17. The van der Waals surface area contributed by atoms with Gasteiger partial charge in [-0.05, 0) is 41.7 Å². The van der Waals surface area contributed by atoms with Crippen LogP contribution in [0, 0.1) is 0 Å². The molecule has 204 valence electrons. The minimum atomic E-state index is -3.64. The largest absolute Gasteiger partial charge is 0.489 e. The molecule has 1 aliphatic carbocycles. The maximum atomic E-state index is 13.0. The van der Waals surface area contributed by atoms with Crippen LogP contribution in [0.15, 0.2) is 97.3 Å². The highest BCUT2D eigenvalue weighted by atomic mass is 32.2. The van der Waals surface area contributed by atoms with Gasteiger partial charge < -0.3 is 4.74 Å². The molecule has 1 aliphatic rings. The first-order valence-corrected chi connectivity index (χ1v) is 15.4. The molecule has 8 heteroatoms. The minimum absolute atomic E-state index is 0.114. The molecule has 5 aromatic rings. The highest BCUT2D eigenvalue weighted by molar-refractivity contribution is 7.91. The van der Waals surface area contributed by atoms with Gasteiger partial charge in [-0.25, -0.2) is 17.9 Å². The summed E-state index contributed by atoms with van der Waals surface area (Å²) in [5, 5.41) is 4.65. The molecule has 6 rings (SSSR count). The Morgan fingerprint density at radius 1 is 0.825 bits per heavy atom. The number of hydrogen-bond donors (Lipinski definition) is 1. The van der Waals surface area contributed by atoms with Crippen LogP contribution in [-0.2, 0) is 22.4 Å². The second kappa shape index (κ2) is 11.5. The van der Waals surface area contributed by atoms with Gasteiger partial charge in [0.15, 0.2) is 5.65 Å². The van der Waals surface area contributed by atoms with Crippen molar-refractivity contribution in [2.24, 2.45) is 0 Å². The fourth-order valence-corrected chi connectivity index (χ4v) is 6.66. The zero-order valence-corrected chi connectivity index (χ0v) is 23.1. The van der Waals surface area contributed by atoms with Crippen molar-refractivity contribution < 1.29 is 13.2 Å². The van der Waals surface area contributed by atoms with E-state index in [1.54, 1.807) is 18.3 Å². The summed E-state index contributed by atoms with van der Waals surface area (Å²) >= 11 is 0. The average molecular weight is 553 g/mol. The number of nitrogens with one attached hydrogen (secondary N) is 1. The van der Waals surface area contributed by atoms with Gasteiger partial charge in [0.2, 0.25) is 10.0 Å². The lowest BCUT2D eigenvalue weighted by Gasteiger charge is -2.25. The first kappa shape index (κ1) is 26.1. The second-order valence-corrected chi connectivity index (χ2v) is 12.1. The lowest BCUT2D eigenvalue weighted by Crippen LogP contribution is -2.16. The maximum absolute atomic E-state index is 13.0. The Balaban J connectivity index is 1.30. The van der Waals surface area contributed by atoms with E-state index in [0.29, 0.717) is 23.9 Å². The fraction of sp³-hybridized carbons (Fsp3) is 0.250. The van der Waals surface area contributed by atoms with Crippen molar-refractivity contribution in [2.75, 3.05) is 4.72 Å². The fourth-order valence-electron chi connectivity index (χ4n) is 5.48. The molecule has 2 aromatic heterocycles. The molecule has 7 nitrogen and oxygen atoms in total. The molecule has 2 heterocycles. The van der Waals surface area contributed by atoms with Gasteiger partial charge in [-0.15, -0.1) is 0 Å². The number of fused-ring (bicyclic) bond motifs is 1. The molecule has 1 saturated carbocycles. The van der Waals surface area contributed by atoms with Crippen LogP contribution in [0.25, 0.3) is 16.8 Å². The number of rotatable bonds is 9. The molecule has 0 saturated heterocycles. The van der Waals surface area contributed by atoms with E-state index in [1.807, 2.05) is 71.4 Å². The SMILES string of the molecule is O=S(=O)(Cc1ccccc1)Nc1cnn2c(C3CCCCC3)c(-c3ccc(OCc4ccccc4)cc3)cnc12. The van der Waals surface area contributed by atoms with Gasteiger partial charge in [0.05, 0.1) is 17.6 Å². The number of benzene rings is 3. The first-order chi connectivity index (χ1) is 19.6. The van der Waals surface area contributed by atoms with E-state index >= 15 is 0 Å². The van der Waals surface area contributed by atoms with E-state index in [0.717, 1.165) is 59.4 Å². The first-order valence-electron chi connectivity index (χ1n) is 13.7. The van der Waals surface area contributed by atoms with Crippen molar-refractivity contribution in [1.29, 1.82) is 0 Å². The van der Waals surface area contributed by atoms with Crippen LogP contribution in [0.5, 0.6) is 5.75 Å². The molecule has 0 bridgehead atoms. The molecular formula is C32H32N4O3S. The predicted molar refractivity (Wildman–Crippen MR) is 158 cm³/mol. The number of anilines is 1. The quantitative estimate of drug-likeness (QED) is 0.214. The Bertz CT molecular complexity index is 1680. The van der Waals surface area contributed by atoms with Gasteiger partial charge in [-0.1, -0.05) is 92.1 Å². The van der Waals surface area contributed by atoms with Crippen LogP contribution in [0.3, 0.4) is 0 Å². The van der Waals surface area contributed by atoms with Crippen molar-refractivity contribution in [3.05, 3.63) is 114 Å². The Morgan fingerprint density at radius 3 is 2.20 bits per heavy atom. The highest BCUT2D eigenvalue weighted by Gasteiger charge is 2.25. The third-order valence-electron chi connectivity index (χ3n) is 7.43. The molecule has 1 fully saturated rings. The summed E-state index contributed by atoms with van der Waals surface area (Å²) in [6.45, 7) is 0.511. The second-order valence-electron chi connectivity index (χ2n) is 10.3. The van der Waals surface area contributed by atoms with E-state index in [2.05, 4.69) is 22.0 Å². The Labute approximate surface area is 234 Å². The highest BCUT2D eigenvalue weighted by Crippen LogP contribution is 2.39. The van der Waals surface area contributed by atoms with E-state index in [9.17, 15) is 8.42 Å². The molecule has 0 aliphatic heterocycles. The van der Waals surface area contributed by atoms with Crippen molar-refractivity contribution in [1.82, 2.24) is 14.6 Å². The van der Waals surface area contributed by atoms with Crippen LogP contribution < -0.4 is 9.46 Å². The van der Waals surface area contributed by atoms with Crippen molar-refractivity contribution >= 4 is 21.4 Å². The Morgan fingerprint density at radius 2 is 1.50 bits per heavy atom. The monoisotopic (exact) mass is 552 g/mol. The number of aromatic nitrogens is 3. The standard InChI is InChI=1S/C32H32N4O3S/c37-40(38,23-25-12-6-2-7-13-25)35-30-21-34-36-31(27-14-8-3-9-15-27)29(20-33-32(30)36)26-16-18-28(19-17-26)39-22-24-10-4-1-5-11-24/h1-2,4-7,10-13,16-21,27,35H,3,8-9,14-15,22-23H2. The van der Waals surface area contributed by atoms with Crippen LogP contribution in [-0.4, -0.2) is 23.0 Å². The normalized spacial score (nSPS) is 14.3. The molecule has 40 heavy (non-hydrogen) atoms. The van der Waals surface area contributed by atoms with Gasteiger partial charge in [0, 0.05) is 17.7 Å². The average Bonchev–Trinajstić information content (AvgIpc) is 3.39. The summed E-state index contributed by atoms with van der Waals surface area (Å²) in [4.78, 5) is 4.70. The van der Waals surface area contributed by atoms with Crippen LogP contribution in [0.1, 0.15) is 54.8 Å². The molecule has 0 radical (unpaired) electrons. The molecule has 0 atom stereocenters.